The number of hydrogen-bond donors (Lipinski definition) is 0. The number of hydrogen-bond acceptors (Lipinski definition) is 3. The van der Waals surface area contributed by atoms with E-state index in [1.54, 1.807) is 6.07 Å². The standard InChI is InChI=1S/C12H10Cl2N2O2/c1-18-10-6-15-16(12(17)11(10)14)7-8-4-2-3-5-9(8)13/h2-6H,7H2,1H3. The maximum absolute atomic E-state index is 11.9. The van der Waals surface area contributed by atoms with Gasteiger partial charge in [0.2, 0.25) is 0 Å². The van der Waals surface area contributed by atoms with Gasteiger partial charge >= 0.3 is 0 Å². The second kappa shape index (κ2) is 5.42. The summed E-state index contributed by atoms with van der Waals surface area (Å²) in [7, 11) is 1.43. The van der Waals surface area contributed by atoms with Crippen molar-refractivity contribution < 1.29 is 4.74 Å². The number of benzene rings is 1. The van der Waals surface area contributed by atoms with E-state index in [4.69, 9.17) is 27.9 Å². The largest absolute Gasteiger partial charge is 0.493 e. The molecule has 0 aliphatic heterocycles. The Balaban J connectivity index is 2.40. The molecular formula is C12H10Cl2N2O2. The molecule has 0 aliphatic carbocycles. The average Bonchev–Trinajstić information content (AvgIpc) is 2.38. The van der Waals surface area contributed by atoms with Gasteiger partial charge in [0.05, 0.1) is 19.9 Å². The van der Waals surface area contributed by atoms with Crippen molar-refractivity contribution in [2.75, 3.05) is 7.11 Å². The van der Waals surface area contributed by atoms with Gasteiger partial charge in [0.1, 0.15) is 0 Å². The lowest BCUT2D eigenvalue weighted by Crippen LogP contribution is -2.24. The third kappa shape index (κ3) is 2.49. The van der Waals surface area contributed by atoms with Gasteiger partial charge in [-0.05, 0) is 11.6 Å². The number of methoxy groups -OCH3 is 1. The highest BCUT2D eigenvalue weighted by atomic mass is 35.5. The van der Waals surface area contributed by atoms with Crippen LogP contribution in [0, 0.1) is 0 Å². The molecule has 1 aromatic heterocycles. The van der Waals surface area contributed by atoms with E-state index in [1.807, 2.05) is 18.2 Å². The molecule has 6 heteroatoms. The Morgan fingerprint density at radius 1 is 1.33 bits per heavy atom. The van der Waals surface area contributed by atoms with Crippen LogP contribution >= 0.6 is 23.2 Å². The van der Waals surface area contributed by atoms with Crippen LogP contribution in [-0.4, -0.2) is 16.9 Å². The molecule has 0 bridgehead atoms. The Morgan fingerprint density at radius 2 is 2.06 bits per heavy atom. The summed E-state index contributed by atoms with van der Waals surface area (Å²) in [6.45, 7) is 0.266. The first-order chi connectivity index (χ1) is 8.63. The third-order valence-electron chi connectivity index (χ3n) is 2.45. The zero-order chi connectivity index (χ0) is 13.1. The van der Waals surface area contributed by atoms with Crippen LogP contribution in [0.4, 0.5) is 0 Å². The van der Waals surface area contributed by atoms with Crippen molar-refractivity contribution in [3.8, 4) is 5.75 Å². The van der Waals surface area contributed by atoms with Crippen molar-refractivity contribution >= 4 is 23.2 Å². The van der Waals surface area contributed by atoms with E-state index >= 15 is 0 Å². The van der Waals surface area contributed by atoms with E-state index in [0.29, 0.717) is 5.02 Å². The Kier molecular flexibility index (Phi) is 3.89. The molecule has 1 heterocycles. The number of ether oxygens (including phenoxy) is 1. The van der Waals surface area contributed by atoms with Crippen LogP contribution < -0.4 is 10.3 Å². The second-order valence-electron chi connectivity index (χ2n) is 3.58. The van der Waals surface area contributed by atoms with Crippen molar-refractivity contribution in [2.45, 2.75) is 6.54 Å². The van der Waals surface area contributed by atoms with Crippen molar-refractivity contribution in [3.05, 3.63) is 56.4 Å². The Morgan fingerprint density at radius 3 is 2.72 bits per heavy atom. The van der Waals surface area contributed by atoms with E-state index in [2.05, 4.69) is 5.10 Å². The van der Waals surface area contributed by atoms with E-state index in [1.165, 1.54) is 18.0 Å². The van der Waals surface area contributed by atoms with E-state index in [9.17, 15) is 4.79 Å². The van der Waals surface area contributed by atoms with E-state index in [-0.39, 0.29) is 17.3 Å². The molecule has 2 rings (SSSR count). The molecule has 0 aliphatic rings. The minimum absolute atomic E-state index is 0.0135. The Bertz CT molecular complexity index is 626. The minimum atomic E-state index is -0.407. The first kappa shape index (κ1) is 12.9. The highest BCUT2D eigenvalue weighted by molar-refractivity contribution is 6.32. The topological polar surface area (TPSA) is 44.1 Å². The normalized spacial score (nSPS) is 10.4. The fraction of sp³-hybridized carbons (Fsp3) is 0.167. The smallest absolute Gasteiger partial charge is 0.289 e. The van der Waals surface area contributed by atoms with Crippen molar-refractivity contribution in [3.63, 3.8) is 0 Å². The average molecular weight is 285 g/mol. The van der Waals surface area contributed by atoms with E-state index in [0.717, 1.165) is 5.56 Å². The Hall–Kier alpha value is -1.52. The third-order valence-corrected chi connectivity index (χ3v) is 3.17. The first-order valence-electron chi connectivity index (χ1n) is 5.16. The lowest BCUT2D eigenvalue weighted by molar-refractivity contribution is 0.407. The molecule has 0 amide bonds. The van der Waals surface area contributed by atoms with Gasteiger partial charge in [-0.25, -0.2) is 4.68 Å². The van der Waals surface area contributed by atoms with Gasteiger partial charge in [0, 0.05) is 5.02 Å². The van der Waals surface area contributed by atoms with Crippen LogP contribution in [0.1, 0.15) is 5.56 Å². The predicted molar refractivity (Wildman–Crippen MR) is 70.6 cm³/mol. The van der Waals surface area contributed by atoms with Gasteiger partial charge in [0.25, 0.3) is 5.56 Å². The van der Waals surface area contributed by atoms with Gasteiger partial charge in [-0.2, -0.15) is 5.10 Å². The highest BCUT2D eigenvalue weighted by Crippen LogP contribution is 2.19. The van der Waals surface area contributed by atoms with Gasteiger partial charge in [0.15, 0.2) is 10.8 Å². The molecule has 0 N–H and O–H groups in total. The maximum atomic E-state index is 11.9. The summed E-state index contributed by atoms with van der Waals surface area (Å²) in [5, 5.41) is 4.58. The molecule has 1 aromatic carbocycles. The molecule has 0 spiro atoms. The maximum Gasteiger partial charge on any atom is 0.289 e. The number of rotatable bonds is 3. The van der Waals surface area contributed by atoms with Crippen LogP contribution in [0.3, 0.4) is 0 Å². The highest BCUT2D eigenvalue weighted by Gasteiger charge is 2.10. The van der Waals surface area contributed by atoms with Crippen molar-refractivity contribution in [2.24, 2.45) is 0 Å². The van der Waals surface area contributed by atoms with Crippen molar-refractivity contribution in [1.82, 2.24) is 9.78 Å². The van der Waals surface area contributed by atoms with Crippen LogP contribution in [-0.2, 0) is 6.54 Å². The van der Waals surface area contributed by atoms with Gasteiger partial charge < -0.3 is 4.74 Å². The zero-order valence-electron chi connectivity index (χ0n) is 9.56. The zero-order valence-corrected chi connectivity index (χ0v) is 11.1. The summed E-state index contributed by atoms with van der Waals surface area (Å²) in [6.07, 6.45) is 1.40. The van der Waals surface area contributed by atoms with Crippen LogP contribution in [0.2, 0.25) is 10.0 Å². The molecule has 0 unspecified atom stereocenters. The summed E-state index contributed by atoms with van der Waals surface area (Å²) >= 11 is 11.9. The quantitative estimate of drug-likeness (QED) is 0.870. The molecule has 0 radical (unpaired) electrons. The number of aromatic nitrogens is 2. The SMILES string of the molecule is COc1cnn(Cc2ccccc2Cl)c(=O)c1Cl. The second-order valence-corrected chi connectivity index (χ2v) is 4.37. The molecule has 18 heavy (non-hydrogen) atoms. The van der Waals surface area contributed by atoms with Crippen LogP contribution in [0.15, 0.2) is 35.3 Å². The van der Waals surface area contributed by atoms with E-state index < -0.39 is 5.56 Å². The van der Waals surface area contributed by atoms with Crippen LogP contribution in [0.5, 0.6) is 5.75 Å². The van der Waals surface area contributed by atoms with Gasteiger partial charge in [-0.3, -0.25) is 4.79 Å². The fourth-order valence-electron chi connectivity index (χ4n) is 1.49. The molecule has 0 saturated carbocycles. The van der Waals surface area contributed by atoms with Crippen LogP contribution in [0.25, 0.3) is 0 Å². The van der Waals surface area contributed by atoms with Crippen molar-refractivity contribution in [1.29, 1.82) is 0 Å². The molecule has 0 atom stereocenters. The lowest BCUT2D eigenvalue weighted by Gasteiger charge is -2.08. The summed E-state index contributed by atoms with van der Waals surface area (Å²) in [6, 6.07) is 7.25. The lowest BCUT2D eigenvalue weighted by atomic mass is 10.2. The minimum Gasteiger partial charge on any atom is -0.493 e. The summed E-state index contributed by atoms with van der Waals surface area (Å²) < 4.78 is 6.16. The fourth-order valence-corrected chi connectivity index (χ4v) is 1.91. The molecule has 2 aromatic rings. The molecule has 4 nitrogen and oxygen atoms in total. The molecular weight excluding hydrogens is 275 g/mol. The van der Waals surface area contributed by atoms with Gasteiger partial charge in [-0.15, -0.1) is 0 Å². The number of halogens is 2. The Labute approximate surface area is 114 Å². The summed E-state index contributed by atoms with van der Waals surface area (Å²) in [5.41, 5.74) is 0.394. The molecule has 0 fully saturated rings. The first-order valence-corrected chi connectivity index (χ1v) is 5.92. The predicted octanol–water partition coefficient (Wildman–Crippen LogP) is 2.61. The summed E-state index contributed by atoms with van der Waals surface area (Å²) in [5.74, 6) is 0.261. The number of nitrogens with zero attached hydrogens (tertiary/aromatic N) is 2. The summed E-state index contributed by atoms with van der Waals surface area (Å²) in [4.78, 5) is 11.9. The molecule has 0 saturated heterocycles. The van der Waals surface area contributed by atoms with Gasteiger partial charge in [-0.1, -0.05) is 41.4 Å². The monoisotopic (exact) mass is 284 g/mol. The molecule has 94 valence electrons.